The first-order valence-corrected chi connectivity index (χ1v) is 6.84. The second kappa shape index (κ2) is 6.41. The maximum Gasteiger partial charge on any atom is 0.328 e. The van der Waals surface area contributed by atoms with Crippen LogP contribution in [-0.4, -0.2) is 17.7 Å². The van der Waals surface area contributed by atoms with Crippen LogP contribution in [0.25, 0.3) is 0 Å². The van der Waals surface area contributed by atoms with Crippen molar-refractivity contribution in [3.05, 3.63) is 41.5 Å². The van der Waals surface area contributed by atoms with E-state index in [4.69, 9.17) is 9.84 Å². The SMILES string of the molecule is CCOc1cccc(C2CCC(=CC(=O)O)CC2)c1. The molecule has 0 unspecified atom stereocenters. The summed E-state index contributed by atoms with van der Waals surface area (Å²) in [6, 6.07) is 8.26. The Morgan fingerprint density at radius 2 is 2.16 bits per heavy atom. The molecule has 19 heavy (non-hydrogen) atoms. The number of hydrogen-bond donors (Lipinski definition) is 1. The molecule has 2 rings (SSSR count). The third-order valence-corrected chi connectivity index (χ3v) is 3.60. The van der Waals surface area contributed by atoms with E-state index in [1.165, 1.54) is 11.6 Å². The van der Waals surface area contributed by atoms with Gasteiger partial charge >= 0.3 is 5.97 Å². The van der Waals surface area contributed by atoms with Crippen LogP contribution < -0.4 is 4.74 Å². The van der Waals surface area contributed by atoms with Crippen molar-refractivity contribution in [2.75, 3.05) is 6.61 Å². The molecule has 0 radical (unpaired) electrons. The summed E-state index contributed by atoms with van der Waals surface area (Å²) >= 11 is 0. The topological polar surface area (TPSA) is 46.5 Å². The lowest BCUT2D eigenvalue weighted by atomic mass is 9.81. The minimum atomic E-state index is -0.827. The Hall–Kier alpha value is -1.77. The van der Waals surface area contributed by atoms with Crippen molar-refractivity contribution in [3.8, 4) is 5.75 Å². The van der Waals surface area contributed by atoms with Gasteiger partial charge in [0.2, 0.25) is 0 Å². The molecule has 102 valence electrons. The summed E-state index contributed by atoms with van der Waals surface area (Å²) in [6.45, 7) is 2.66. The van der Waals surface area contributed by atoms with Crippen LogP contribution in [0.1, 0.15) is 44.1 Å². The molecule has 3 heteroatoms. The van der Waals surface area contributed by atoms with Crippen molar-refractivity contribution >= 4 is 5.97 Å². The number of allylic oxidation sites excluding steroid dienone is 1. The van der Waals surface area contributed by atoms with E-state index in [-0.39, 0.29) is 0 Å². The van der Waals surface area contributed by atoms with E-state index in [0.29, 0.717) is 12.5 Å². The zero-order valence-electron chi connectivity index (χ0n) is 11.3. The van der Waals surface area contributed by atoms with Gasteiger partial charge in [-0.2, -0.15) is 0 Å². The largest absolute Gasteiger partial charge is 0.494 e. The molecule has 1 aromatic carbocycles. The van der Waals surface area contributed by atoms with E-state index in [1.54, 1.807) is 0 Å². The predicted molar refractivity (Wildman–Crippen MR) is 74.5 cm³/mol. The van der Waals surface area contributed by atoms with Gasteiger partial charge in [0.15, 0.2) is 0 Å². The summed E-state index contributed by atoms with van der Waals surface area (Å²) in [5.74, 6) is 0.616. The fraction of sp³-hybridized carbons (Fsp3) is 0.438. The highest BCUT2D eigenvalue weighted by Crippen LogP contribution is 2.36. The molecular formula is C16H20O3. The average molecular weight is 260 g/mol. The lowest BCUT2D eigenvalue weighted by Crippen LogP contribution is -2.08. The van der Waals surface area contributed by atoms with Crippen molar-refractivity contribution in [1.82, 2.24) is 0 Å². The monoisotopic (exact) mass is 260 g/mol. The van der Waals surface area contributed by atoms with Gasteiger partial charge in [-0.15, -0.1) is 0 Å². The van der Waals surface area contributed by atoms with Gasteiger partial charge in [-0.3, -0.25) is 0 Å². The molecule has 0 aliphatic heterocycles. The van der Waals surface area contributed by atoms with Crippen molar-refractivity contribution < 1.29 is 14.6 Å². The van der Waals surface area contributed by atoms with Gasteiger partial charge in [0.25, 0.3) is 0 Å². The fourth-order valence-electron chi connectivity index (χ4n) is 2.67. The summed E-state index contributed by atoms with van der Waals surface area (Å²) in [7, 11) is 0. The summed E-state index contributed by atoms with van der Waals surface area (Å²) in [5, 5.41) is 8.75. The Labute approximate surface area is 113 Å². The molecule has 0 amide bonds. The third-order valence-electron chi connectivity index (χ3n) is 3.60. The third kappa shape index (κ3) is 3.85. The number of carboxylic acids is 1. The molecule has 1 saturated carbocycles. The van der Waals surface area contributed by atoms with Gasteiger partial charge in [-0.05, 0) is 56.2 Å². The highest BCUT2D eigenvalue weighted by Gasteiger charge is 2.19. The van der Waals surface area contributed by atoms with Crippen molar-refractivity contribution in [2.45, 2.75) is 38.5 Å². The molecular weight excluding hydrogens is 240 g/mol. The quantitative estimate of drug-likeness (QED) is 0.838. The molecule has 0 saturated heterocycles. The molecule has 1 aliphatic rings. The van der Waals surface area contributed by atoms with Crippen LogP contribution in [0.4, 0.5) is 0 Å². The Morgan fingerprint density at radius 3 is 2.79 bits per heavy atom. The van der Waals surface area contributed by atoms with Crippen LogP contribution in [0, 0.1) is 0 Å². The van der Waals surface area contributed by atoms with E-state index in [0.717, 1.165) is 37.0 Å². The maximum absolute atomic E-state index is 10.6. The first kappa shape index (κ1) is 13.7. The normalized spacial score (nSPS) is 19.0. The standard InChI is InChI=1S/C16H20O3/c1-2-19-15-5-3-4-14(11-15)13-8-6-12(7-9-13)10-16(17)18/h3-5,10-11,13H,2,6-9H2,1H3,(H,17,18). The average Bonchev–Trinajstić information content (AvgIpc) is 2.40. The minimum Gasteiger partial charge on any atom is -0.494 e. The van der Waals surface area contributed by atoms with E-state index in [1.807, 2.05) is 19.1 Å². The predicted octanol–water partition coefficient (Wildman–Crippen LogP) is 3.75. The number of carboxylic acid groups (broad SMARTS) is 1. The smallest absolute Gasteiger partial charge is 0.328 e. The molecule has 0 aromatic heterocycles. The van der Waals surface area contributed by atoms with Gasteiger partial charge in [0.05, 0.1) is 6.61 Å². The molecule has 3 nitrogen and oxygen atoms in total. The molecule has 1 N–H and O–H groups in total. The van der Waals surface area contributed by atoms with E-state index in [9.17, 15) is 4.79 Å². The van der Waals surface area contributed by atoms with Crippen LogP contribution in [0.15, 0.2) is 35.9 Å². The van der Waals surface area contributed by atoms with Crippen LogP contribution in [0.2, 0.25) is 0 Å². The van der Waals surface area contributed by atoms with Crippen molar-refractivity contribution in [2.24, 2.45) is 0 Å². The summed E-state index contributed by atoms with van der Waals surface area (Å²) < 4.78 is 5.52. The van der Waals surface area contributed by atoms with Gasteiger partial charge in [0.1, 0.15) is 5.75 Å². The highest BCUT2D eigenvalue weighted by atomic mass is 16.5. The minimum absolute atomic E-state index is 0.520. The molecule has 1 fully saturated rings. The lowest BCUT2D eigenvalue weighted by Gasteiger charge is -2.24. The van der Waals surface area contributed by atoms with E-state index >= 15 is 0 Å². The fourth-order valence-corrected chi connectivity index (χ4v) is 2.67. The summed E-state index contributed by atoms with van der Waals surface area (Å²) in [4.78, 5) is 10.6. The van der Waals surface area contributed by atoms with Crippen molar-refractivity contribution in [1.29, 1.82) is 0 Å². The van der Waals surface area contributed by atoms with Gasteiger partial charge in [-0.1, -0.05) is 17.7 Å². The van der Waals surface area contributed by atoms with E-state index in [2.05, 4.69) is 12.1 Å². The second-order valence-corrected chi connectivity index (χ2v) is 4.92. The van der Waals surface area contributed by atoms with E-state index < -0.39 is 5.97 Å². The molecule has 0 heterocycles. The van der Waals surface area contributed by atoms with Gasteiger partial charge < -0.3 is 9.84 Å². The molecule has 0 atom stereocenters. The van der Waals surface area contributed by atoms with Crippen LogP contribution in [-0.2, 0) is 4.79 Å². The Morgan fingerprint density at radius 1 is 1.42 bits per heavy atom. The van der Waals surface area contributed by atoms with Crippen LogP contribution >= 0.6 is 0 Å². The Kier molecular flexibility index (Phi) is 4.61. The second-order valence-electron chi connectivity index (χ2n) is 4.92. The Bertz CT molecular complexity index is 467. The maximum atomic E-state index is 10.6. The van der Waals surface area contributed by atoms with Crippen LogP contribution in [0.3, 0.4) is 0 Å². The number of aliphatic carboxylic acids is 1. The summed E-state index contributed by atoms with van der Waals surface area (Å²) in [6.07, 6.45) is 5.18. The Balaban J connectivity index is 2.01. The molecule has 1 aromatic rings. The first-order valence-electron chi connectivity index (χ1n) is 6.84. The molecule has 0 bridgehead atoms. The number of rotatable bonds is 4. The van der Waals surface area contributed by atoms with Gasteiger partial charge in [-0.25, -0.2) is 4.79 Å². The lowest BCUT2D eigenvalue weighted by molar-refractivity contribution is -0.131. The summed E-state index contributed by atoms with van der Waals surface area (Å²) in [5.41, 5.74) is 2.37. The molecule has 1 aliphatic carbocycles. The first-order chi connectivity index (χ1) is 9.19. The van der Waals surface area contributed by atoms with Gasteiger partial charge in [0, 0.05) is 6.08 Å². The number of hydrogen-bond acceptors (Lipinski definition) is 2. The zero-order valence-corrected chi connectivity index (χ0v) is 11.3. The number of ether oxygens (including phenoxy) is 1. The molecule has 0 spiro atoms. The zero-order chi connectivity index (χ0) is 13.7. The van der Waals surface area contributed by atoms with Crippen molar-refractivity contribution in [3.63, 3.8) is 0 Å². The number of benzene rings is 1. The van der Waals surface area contributed by atoms with Crippen LogP contribution in [0.5, 0.6) is 5.75 Å². The highest BCUT2D eigenvalue weighted by molar-refractivity contribution is 5.80. The number of carbonyl (C=O) groups is 1.